The van der Waals surface area contributed by atoms with Crippen molar-refractivity contribution in [1.29, 1.82) is 0 Å². The van der Waals surface area contributed by atoms with Crippen LogP contribution < -0.4 is 10.6 Å². The molecule has 84 valence electrons. The van der Waals surface area contributed by atoms with E-state index in [0.717, 1.165) is 12.8 Å². The zero-order valence-corrected chi connectivity index (χ0v) is 8.08. The highest BCUT2D eigenvalue weighted by Gasteiger charge is 2.26. The summed E-state index contributed by atoms with van der Waals surface area (Å²) >= 11 is 0. The summed E-state index contributed by atoms with van der Waals surface area (Å²) in [5.41, 5.74) is 0. The highest BCUT2D eigenvalue weighted by molar-refractivity contribution is 5.77. The zero-order valence-electron chi connectivity index (χ0n) is 8.08. The molecular formula is C8H15F3N2O. The van der Waals surface area contributed by atoms with E-state index in [4.69, 9.17) is 0 Å². The minimum Gasteiger partial charge on any atom is -0.355 e. The van der Waals surface area contributed by atoms with Crippen LogP contribution in [0.15, 0.2) is 0 Å². The van der Waals surface area contributed by atoms with E-state index >= 15 is 0 Å². The quantitative estimate of drug-likeness (QED) is 0.646. The molecule has 2 N–H and O–H groups in total. The van der Waals surface area contributed by atoms with Crippen molar-refractivity contribution < 1.29 is 18.0 Å². The van der Waals surface area contributed by atoms with Gasteiger partial charge in [-0.3, -0.25) is 4.79 Å². The van der Waals surface area contributed by atoms with Crippen LogP contribution in [0.2, 0.25) is 0 Å². The molecule has 0 aliphatic carbocycles. The molecule has 1 amide bonds. The Bertz CT molecular complexity index is 170. The molecule has 0 bridgehead atoms. The smallest absolute Gasteiger partial charge is 0.355 e. The normalized spacial score (nSPS) is 11.4. The second kappa shape index (κ2) is 6.64. The van der Waals surface area contributed by atoms with Gasteiger partial charge >= 0.3 is 6.18 Å². The van der Waals surface area contributed by atoms with E-state index in [0.29, 0.717) is 6.54 Å². The molecule has 6 heteroatoms. The number of carbonyl (C=O) groups excluding carboxylic acids is 1. The van der Waals surface area contributed by atoms with Gasteiger partial charge in [0, 0.05) is 6.54 Å². The van der Waals surface area contributed by atoms with Crippen LogP contribution in [0.5, 0.6) is 0 Å². The molecule has 0 heterocycles. The Labute approximate surface area is 81.1 Å². The van der Waals surface area contributed by atoms with Gasteiger partial charge in [0.05, 0.1) is 13.1 Å². The van der Waals surface area contributed by atoms with Crippen LogP contribution >= 0.6 is 0 Å². The number of alkyl halides is 3. The average Bonchev–Trinajstić information content (AvgIpc) is 2.02. The standard InChI is InChI=1S/C8H15F3N2O/c1-2-3-4-13-7(14)5-12-6-8(9,10)11/h12H,2-6H2,1H3,(H,13,14). The van der Waals surface area contributed by atoms with Crippen molar-refractivity contribution in [2.24, 2.45) is 0 Å². The molecule has 3 nitrogen and oxygen atoms in total. The molecule has 0 rings (SSSR count). The Kier molecular flexibility index (Phi) is 6.27. The lowest BCUT2D eigenvalue weighted by atomic mass is 10.3. The number of unbranched alkanes of at least 4 members (excludes halogenated alkanes) is 1. The molecule has 0 spiro atoms. The summed E-state index contributed by atoms with van der Waals surface area (Å²) in [6, 6.07) is 0. The summed E-state index contributed by atoms with van der Waals surface area (Å²) in [6.07, 6.45) is -2.48. The number of nitrogens with one attached hydrogen (secondary N) is 2. The first-order valence-corrected chi connectivity index (χ1v) is 4.50. The largest absolute Gasteiger partial charge is 0.401 e. The van der Waals surface area contributed by atoms with Crippen LogP contribution in [0, 0.1) is 0 Å². The predicted octanol–water partition coefficient (Wildman–Crippen LogP) is 1.05. The van der Waals surface area contributed by atoms with Gasteiger partial charge in [-0.25, -0.2) is 0 Å². The minimum absolute atomic E-state index is 0.288. The van der Waals surface area contributed by atoms with Gasteiger partial charge in [0.1, 0.15) is 0 Å². The van der Waals surface area contributed by atoms with Crippen LogP contribution in [0.25, 0.3) is 0 Å². The van der Waals surface area contributed by atoms with Crippen molar-refractivity contribution in [3.63, 3.8) is 0 Å². The maximum atomic E-state index is 11.6. The first-order valence-electron chi connectivity index (χ1n) is 4.50. The number of halogens is 3. The summed E-state index contributed by atoms with van der Waals surface area (Å²) in [7, 11) is 0. The molecular weight excluding hydrogens is 197 g/mol. The number of carbonyl (C=O) groups is 1. The van der Waals surface area contributed by atoms with Crippen molar-refractivity contribution in [2.75, 3.05) is 19.6 Å². The molecule has 0 saturated carbocycles. The van der Waals surface area contributed by atoms with Crippen molar-refractivity contribution in [2.45, 2.75) is 25.9 Å². The Balaban J connectivity index is 3.36. The molecule has 0 aliphatic heterocycles. The zero-order chi connectivity index (χ0) is 11.0. The van der Waals surface area contributed by atoms with E-state index in [1.165, 1.54) is 0 Å². The summed E-state index contributed by atoms with van der Waals surface area (Å²) in [5.74, 6) is -0.400. The average molecular weight is 212 g/mol. The number of amides is 1. The summed E-state index contributed by atoms with van der Waals surface area (Å²) < 4.78 is 34.9. The molecule has 0 aromatic rings. The summed E-state index contributed by atoms with van der Waals surface area (Å²) in [5, 5.41) is 4.52. The fourth-order valence-corrected chi connectivity index (χ4v) is 0.785. The van der Waals surface area contributed by atoms with Gasteiger partial charge in [-0.1, -0.05) is 13.3 Å². The fraction of sp³-hybridized carbons (Fsp3) is 0.875. The molecule has 0 aliphatic rings. The van der Waals surface area contributed by atoms with Crippen molar-refractivity contribution in [3.8, 4) is 0 Å². The van der Waals surface area contributed by atoms with E-state index in [9.17, 15) is 18.0 Å². The third kappa shape index (κ3) is 9.31. The second-order valence-corrected chi connectivity index (χ2v) is 2.92. The number of rotatable bonds is 6. The van der Waals surface area contributed by atoms with Crippen LogP contribution in [0.4, 0.5) is 13.2 Å². The van der Waals surface area contributed by atoms with E-state index in [2.05, 4.69) is 5.32 Å². The van der Waals surface area contributed by atoms with E-state index < -0.39 is 18.6 Å². The molecule has 0 saturated heterocycles. The Hall–Kier alpha value is -0.780. The first-order chi connectivity index (χ1) is 6.45. The molecule has 14 heavy (non-hydrogen) atoms. The second-order valence-electron chi connectivity index (χ2n) is 2.92. The number of hydrogen-bond donors (Lipinski definition) is 2. The maximum absolute atomic E-state index is 11.6. The predicted molar refractivity (Wildman–Crippen MR) is 46.8 cm³/mol. The first kappa shape index (κ1) is 13.2. The summed E-state index contributed by atoms with van der Waals surface area (Å²) in [4.78, 5) is 10.9. The number of hydrogen-bond acceptors (Lipinski definition) is 2. The molecule has 0 atom stereocenters. The monoisotopic (exact) mass is 212 g/mol. The lowest BCUT2D eigenvalue weighted by molar-refractivity contribution is -0.128. The van der Waals surface area contributed by atoms with Crippen LogP contribution in [0.3, 0.4) is 0 Å². The molecule has 0 aromatic heterocycles. The fourth-order valence-electron chi connectivity index (χ4n) is 0.785. The van der Waals surface area contributed by atoms with Gasteiger partial charge in [0.15, 0.2) is 0 Å². The van der Waals surface area contributed by atoms with Gasteiger partial charge in [-0.2, -0.15) is 13.2 Å². The molecule has 0 fully saturated rings. The minimum atomic E-state index is -4.26. The third-order valence-corrected chi connectivity index (χ3v) is 1.46. The Morgan fingerprint density at radius 3 is 2.50 bits per heavy atom. The van der Waals surface area contributed by atoms with E-state index in [-0.39, 0.29) is 6.54 Å². The molecule has 0 aromatic carbocycles. The van der Waals surface area contributed by atoms with Gasteiger partial charge in [-0.05, 0) is 6.42 Å². The van der Waals surface area contributed by atoms with Crippen LogP contribution in [0.1, 0.15) is 19.8 Å². The van der Waals surface area contributed by atoms with E-state index in [1.54, 1.807) is 0 Å². The van der Waals surface area contributed by atoms with Gasteiger partial charge in [0.2, 0.25) is 5.91 Å². The van der Waals surface area contributed by atoms with Gasteiger partial charge in [0.25, 0.3) is 0 Å². The van der Waals surface area contributed by atoms with Crippen molar-refractivity contribution >= 4 is 5.91 Å². The topological polar surface area (TPSA) is 41.1 Å². The van der Waals surface area contributed by atoms with Crippen molar-refractivity contribution in [3.05, 3.63) is 0 Å². The van der Waals surface area contributed by atoms with Crippen LogP contribution in [-0.4, -0.2) is 31.7 Å². The highest BCUT2D eigenvalue weighted by Crippen LogP contribution is 2.11. The van der Waals surface area contributed by atoms with E-state index in [1.807, 2.05) is 12.2 Å². The third-order valence-electron chi connectivity index (χ3n) is 1.46. The van der Waals surface area contributed by atoms with Gasteiger partial charge in [-0.15, -0.1) is 0 Å². The maximum Gasteiger partial charge on any atom is 0.401 e. The highest BCUT2D eigenvalue weighted by atomic mass is 19.4. The SMILES string of the molecule is CCCCNC(=O)CNCC(F)(F)F. The van der Waals surface area contributed by atoms with Gasteiger partial charge < -0.3 is 10.6 Å². The summed E-state index contributed by atoms with van der Waals surface area (Å²) in [6.45, 7) is 1.06. The lowest BCUT2D eigenvalue weighted by Gasteiger charge is -2.08. The molecule has 0 unspecified atom stereocenters. The van der Waals surface area contributed by atoms with Crippen molar-refractivity contribution in [1.82, 2.24) is 10.6 Å². The van der Waals surface area contributed by atoms with Crippen LogP contribution in [-0.2, 0) is 4.79 Å². The molecule has 0 radical (unpaired) electrons. The Morgan fingerprint density at radius 2 is 2.00 bits per heavy atom. The lowest BCUT2D eigenvalue weighted by Crippen LogP contribution is -2.38. The Morgan fingerprint density at radius 1 is 1.36 bits per heavy atom.